The van der Waals surface area contributed by atoms with Crippen LogP contribution in [0.5, 0.6) is 0 Å². The molecule has 0 spiro atoms. The zero-order valence-electron chi connectivity index (χ0n) is 14.5. The van der Waals surface area contributed by atoms with Gasteiger partial charge in [-0.3, -0.25) is 9.59 Å². The number of ether oxygens (including phenoxy) is 1. The number of amides is 2. The molecule has 0 unspecified atom stereocenters. The Balaban J connectivity index is 2.25. The molecule has 3 atom stereocenters. The third kappa shape index (κ3) is 5.74. The molecule has 0 fully saturated rings. The molecule has 1 aliphatic rings. The van der Waals surface area contributed by atoms with Crippen molar-refractivity contribution in [3.8, 4) is 0 Å². The fourth-order valence-corrected chi connectivity index (χ4v) is 2.74. The number of cyclic esters (lactones) is 1. The number of hydrogen-bond donors (Lipinski definition) is 2. The third-order valence-corrected chi connectivity index (χ3v) is 3.99. The highest BCUT2D eigenvalue weighted by Crippen LogP contribution is 2.21. The summed E-state index contributed by atoms with van der Waals surface area (Å²) in [6.07, 6.45) is 4.32. The maximum atomic E-state index is 12.5. The summed E-state index contributed by atoms with van der Waals surface area (Å²) in [5, 5.41) is 5.55. The molecule has 0 aliphatic carbocycles. The summed E-state index contributed by atoms with van der Waals surface area (Å²) in [4.78, 5) is 36.0. The third-order valence-electron chi connectivity index (χ3n) is 3.99. The largest absolute Gasteiger partial charge is 0.459 e. The average molecular weight is 344 g/mol. The minimum absolute atomic E-state index is 0.0969. The lowest BCUT2D eigenvalue weighted by Crippen LogP contribution is -2.44. The Morgan fingerprint density at radius 3 is 2.60 bits per heavy atom. The molecule has 134 valence electrons. The summed E-state index contributed by atoms with van der Waals surface area (Å²) >= 11 is 0. The molecule has 0 saturated carbocycles. The molecule has 6 heteroatoms. The molecule has 1 aromatic carbocycles. The fraction of sp³-hybridized carbons (Fsp3) is 0.421. The van der Waals surface area contributed by atoms with Gasteiger partial charge in [0.25, 0.3) is 0 Å². The van der Waals surface area contributed by atoms with Gasteiger partial charge in [-0.15, -0.1) is 0 Å². The van der Waals surface area contributed by atoms with Gasteiger partial charge >= 0.3 is 5.97 Å². The highest BCUT2D eigenvalue weighted by Gasteiger charge is 2.28. The lowest BCUT2D eigenvalue weighted by Gasteiger charge is -2.27. The zero-order valence-corrected chi connectivity index (χ0v) is 14.5. The van der Waals surface area contributed by atoms with Gasteiger partial charge in [-0.1, -0.05) is 42.5 Å². The van der Waals surface area contributed by atoms with Crippen molar-refractivity contribution in [3.05, 3.63) is 48.0 Å². The molecule has 1 aliphatic heterocycles. The van der Waals surface area contributed by atoms with Crippen LogP contribution in [-0.4, -0.2) is 29.9 Å². The lowest BCUT2D eigenvalue weighted by atomic mass is 10.0. The summed E-state index contributed by atoms with van der Waals surface area (Å²) in [6.45, 7) is 3.10. The highest BCUT2D eigenvalue weighted by atomic mass is 16.5. The van der Waals surface area contributed by atoms with Crippen LogP contribution in [-0.2, 0) is 19.1 Å². The maximum absolute atomic E-state index is 12.5. The Hall–Kier alpha value is -2.63. The fourth-order valence-electron chi connectivity index (χ4n) is 2.74. The first-order chi connectivity index (χ1) is 12.0. The number of hydrogen-bond acceptors (Lipinski definition) is 4. The second kappa shape index (κ2) is 9.01. The quantitative estimate of drug-likeness (QED) is 0.635. The van der Waals surface area contributed by atoms with Gasteiger partial charge < -0.3 is 15.4 Å². The number of carbonyl (C=O) groups is 3. The molecule has 1 heterocycles. The summed E-state index contributed by atoms with van der Waals surface area (Å²) in [7, 11) is 0. The van der Waals surface area contributed by atoms with E-state index >= 15 is 0 Å². The molecule has 0 bridgehead atoms. The van der Waals surface area contributed by atoms with E-state index in [1.165, 1.54) is 6.92 Å². The molecule has 6 nitrogen and oxygen atoms in total. The minimum Gasteiger partial charge on any atom is -0.459 e. The van der Waals surface area contributed by atoms with E-state index in [4.69, 9.17) is 4.74 Å². The standard InChI is InChI=1S/C19H24N2O4/c1-13-18(15-9-5-3-6-10-15)21-17(23)12-8-4-7-11-16(19(24)25-13)20-14(2)22/h3-7,9-10,13,16,18H,8,11-12H2,1-2H3,(H,20,22)(H,21,23)/b7-4+/t13-,16-,18+/m1/s1. The van der Waals surface area contributed by atoms with Crippen LogP contribution >= 0.6 is 0 Å². The zero-order chi connectivity index (χ0) is 18.2. The molecule has 2 N–H and O–H groups in total. The van der Waals surface area contributed by atoms with E-state index in [2.05, 4.69) is 10.6 Å². The first-order valence-corrected chi connectivity index (χ1v) is 8.44. The molecule has 0 radical (unpaired) electrons. The van der Waals surface area contributed by atoms with Gasteiger partial charge in [-0.05, 0) is 25.3 Å². The molecule has 1 aromatic rings. The van der Waals surface area contributed by atoms with E-state index in [0.29, 0.717) is 19.3 Å². The first-order valence-electron chi connectivity index (χ1n) is 8.44. The van der Waals surface area contributed by atoms with E-state index in [1.54, 1.807) is 13.0 Å². The molecular weight excluding hydrogens is 320 g/mol. The summed E-state index contributed by atoms with van der Waals surface area (Å²) in [5.41, 5.74) is 0.861. The van der Waals surface area contributed by atoms with Crippen molar-refractivity contribution in [2.45, 2.75) is 51.3 Å². The Bertz CT molecular complexity index is 642. The highest BCUT2D eigenvalue weighted by molar-refractivity contribution is 5.83. The van der Waals surface area contributed by atoms with Crippen LogP contribution in [0.25, 0.3) is 0 Å². The number of carbonyl (C=O) groups excluding carboxylic acids is 3. The number of esters is 1. The van der Waals surface area contributed by atoms with Gasteiger partial charge in [-0.2, -0.15) is 0 Å². The second-order valence-electron chi connectivity index (χ2n) is 6.10. The Morgan fingerprint density at radius 1 is 1.20 bits per heavy atom. The van der Waals surface area contributed by atoms with E-state index in [9.17, 15) is 14.4 Å². The van der Waals surface area contributed by atoms with Crippen LogP contribution in [0, 0.1) is 0 Å². The van der Waals surface area contributed by atoms with E-state index in [0.717, 1.165) is 5.56 Å². The van der Waals surface area contributed by atoms with Crippen LogP contribution < -0.4 is 10.6 Å². The average Bonchev–Trinajstić information content (AvgIpc) is 2.57. The Kier molecular flexibility index (Phi) is 6.74. The van der Waals surface area contributed by atoms with Crippen LogP contribution in [0.2, 0.25) is 0 Å². The van der Waals surface area contributed by atoms with E-state index in [-0.39, 0.29) is 11.8 Å². The van der Waals surface area contributed by atoms with Crippen LogP contribution in [0.1, 0.15) is 44.7 Å². The second-order valence-corrected chi connectivity index (χ2v) is 6.10. The number of allylic oxidation sites excluding steroid dienone is 1. The first kappa shape index (κ1) is 18.7. The van der Waals surface area contributed by atoms with Crippen molar-refractivity contribution in [1.82, 2.24) is 10.6 Å². The van der Waals surface area contributed by atoms with Crippen molar-refractivity contribution in [3.63, 3.8) is 0 Å². The minimum atomic E-state index is -0.734. The number of nitrogens with one attached hydrogen (secondary N) is 2. The van der Waals surface area contributed by atoms with E-state index < -0.39 is 24.2 Å². The summed E-state index contributed by atoms with van der Waals surface area (Å²) in [6, 6.07) is 8.21. The molecule has 0 aromatic heterocycles. The number of benzene rings is 1. The molecule has 25 heavy (non-hydrogen) atoms. The van der Waals surface area contributed by atoms with Crippen molar-refractivity contribution in [2.24, 2.45) is 0 Å². The predicted octanol–water partition coefficient (Wildman–Crippen LogP) is 2.02. The summed E-state index contributed by atoms with van der Waals surface area (Å²) in [5.74, 6) is -0.897. The van der Waals surface area contributed by atoms with Gasteiger partial charge in [0.05, 0.1) is 6.04 Å². The van der Waals surface area contributed by atoms with Gasteiger partial charge in [-0.25, -0.2) is 4.79 Å². The van der Waals surface area contributed by atoms with Crippen molar-refractivity contribution in [1.29, 1.82) is 0 Å². The maximum Gasteiger partial charge on any atom is 0.329 e. The molecule has 0 saturated heterocycles. The van der Waals surface area contributed by atoms with Gasteiger partial charge in [0.1, 0.15) is 12.1 Å². The van der Waals surface area contributed by atoms with Crippen molar-refractivity contribution in [2.75, 3.05) is 0 Å². The number of rotatable bonds is 2. The normalized spacial score (nSPS) is 26.4. The molecule has 2 rings (SSSR count). The van der Waals surface area contributed by atoms with Gasteiger partial charge in [0.2, 0.25) is 11.8 Å². The van der Waals surface area contributed by atoms with Gasteiger partial charge in [0.15, 0.2) is 0 Å². The van der Waals surface area contributed by atoms with Crippen LogP contribution in [0.3, 0.4) is 0 Å². The van der Waals surface area contributed by atoms with Crippen LogP contribution in [0.15, 0.2) is 42.5 Å². The smallest absolute Gasteiger partial charge is 0.329 e. The lowest BCUT2D eigenvalue weighted by molar-refractivity contribution is -0.154. The Morgan fingerprint density at radius 2 is 1.92 bits per heavy atom. The van der Waals surface area contributed by atoms with E-state index in [1.807, 2.05) is 36.4 Å². The van der Waals surface area contributed by atoms with Gasteiger partial charge in [0, 0.05) is 13.3 Å². The topological polar surface area (TPSA) is 84.5 Å². The van der Waals surface area contributed by atoms with Crippen molar-refractivity contribution >= 4 is 17.8 Å². The predicted molar refractivity (Wildman–Crippen MR) is 93.5 cm³/mol. The monoisotopic (exact) mass is 344 g/mol. The SMILES string of the molecule is CC(=O)N[C@@H]1C/C=C/CCC(=O)N[C@H](c2ccccc2)[C@@H](C)OC1=O. The summed E-state index contributed by atoms with van der Waals surface area (Å²) < 4.78 is 5.55. The van der Waals surface area contributed by atoms with Crippen molar-refractivity contribution < 1.29 is 19.1 Å². The molecular formula is C19H24N2O4. The Labute approximate surface area is 147 Å². The van der Waals surface area contributed by atoms with Crippen LogP contribution in [0.4, 0.5) is 0 Å². The molecule has 2 amide bonds.